The summed E-state index contributed by atoms with van der Waals surface area (Å²) in [6.45, 7) is 16.6. The third-order valence-electron chi connectivity index (χ3n) is 14.9. The number of rotatable bonds is 36. The second-order valence-electron chi connectivity index (χ2n) is 21.7. The normalized spacial score (nSPS) is 13.9. The van der Waals surface area contributed by atoms with E-state index in [9.17, 15) is 9.59 Å². The number of nitrogens with one attached hydrogen (secondary N) is 3. The number of piperazine rings is 1. The van der Waals surface area contributed by atoms with Crippen LogP contribution < -0.4 is 26.2 Å². The molecule has 9 rings (SSSR count). The minimum absolute atomic E-state index is 0.0269. The molecule has 2 aliphatic heterocycles. The number of carbonyl (C=O) groups excluding carboxylic acids is 2. The molecule has 0 radical (unpaired) electrons. The van der Waals surface area contributed by atoms with Gasteiger partial charge in [0.2, 0.25) is 5.91 Å². The zero-order valence-corrected chi connectivity index (χ0v) is 53.7. The maximum Gasteiger partial charge on any atom is 0.267 e. The van der Waals surface area contributed by atoms with Crippen LogP contribution in [0.4, 0.5) is 27.4 Å². The number of aromatic amines is 1. The molecule has 6 heterocycles. The summed E-state index contributed by atoms with van der Waals surface area (Å²) in [5.41, 5.74) is 14.3. The number of H-pyrrole nitrogens is 1. The third kappa shape index (κ3) is 20.5. The van der Waals surface area contributed by atoms with Gasteiger partial charge in [-0.15, -0.1) is 11.3 Å². The van der Waals surface area contributed by atoms with Crippen LogP contribution in [0.25, 0.3) is 33.5 Å². The number of carbonyl (C=O) groups is 2. The summed E-state index contributed by atoms with van der Waals surface area (Å²) >= 11 is 14.0. The molecule has 484 valence electrons. The van der Waals surface area contributed by atoms with E-state index in [2.05, 4.69) is 40.4 Å². The van der Waals surface area contributed by atoms with Gasteiger partial charge in [-0.2, -0.15) is 0 Å². The van der Waals surface area contributed by atoms with Crippen molar-refractivity contribution in [3.63, 3.8) is 0 Å². The number of nitrogens with zero attached hydrogens (tertiary/aromatic N) is 8. The van der Waals surface area contributed by atoms with Crippen LogP contribution in [0, 0.1) is 26.6 Å². The van der Waals surface area contributed by atoms with Crippen LogP contribution in [0.5, 0.6) is 0 Å². The molecule has 0 spiro atoms. The lowest BCUT2D eigenvalue weighted by Crippen LogP contribution is -2.49. The number of anilines is 4. The number of aryl methyl sites for hydroxylation is 3. The second-order valence-corrected chi connectivity index (χ2v) is 23.7. The van der Waals surface area contributed by atoms with Gasteiger partial charge in [-0.05, 0) is 86.7 Å². The molecule has 2 fully saturated rings. The third-order valence-corrected chi connectivity index (χ3v) is 16.5. The summed E-state index contributed by atoms with van der Waals surface area (Å²) in [5.74, 6) is 2.13. The standard InChI is InChI=1S/C64H81Cl2FN12O10S/c1-43-35-46(37-48(67)36-43)51-41-71-63(59(61(51)78-13-9-49(68)10-14-78)62-74-53-8-7-47(65)38-54(53)75-62)79-17-15-77(16-18-79)58(80)11-19-82-21-23-84-25-27-86-29-31-88-33-34-89-32-30-87-28-26-85-24-22-83-20-12-69-56-39-50(72-45(3)73-56)40-57-70-42-55(90-57)64(81)76-60-44(2)5-4-6-52(60)66/h4-8,35-39,41-42,49H,9-34,40,68H2,1-3H3,(H,74,75)(H,76,81)(H,69,72,73). The van der Waals surface area contributed by atoms with E-state index in [0.29, 0.717) is 183 Å². The fraction of sp³-hybridized carbons (Fsp3) is 0.484. The molecule has 5 N–H and O–H groups in total. The van der Waals surface area contributed by atoms with Crippen LogP contribution in [0.15, 0.2) is 73.1 Å². The Morgan fingerprint density at radius 1 is 0.700 bits per heavy atom. The molecule has 0 bridgehead atoms. The Kier molecular flexibility index (Phi) is 26.6. The van der Waals surface area contributed by atoms with E-state index in [1.165, 1.54) is 17.4 Å². The predicted octanol–water partition coefficient (Wildman–Crippen LogP) is 8.96. The van der Waals surface area contributed by atoms with Gasteiger partial charge in [0.1, 0.15) is 34.0 Å². The number of fused-ring (bicyclic) bond motifs is 1. The lowest BCUT2D eigenvalue weighted by Gasteiger charge is -2.39. The topological polar surface area (TPSA) is 248 Å². The highest BCUT2D eigenvalue weighted by molar-refractivity contribution is 7.13. The number of hydrogen-bond donors (Lipinski definition) is 4. The average Bonchev–Trinajstić information content (AvgIpc) is 1.28. The van der Waals surface area contributed by atoms with E-state index in [0.717, 1.165) is 87.0 Å². The Morgan fingerprint density at radius 3 is 1.97 bits per heavy atom. The van der Waals surface area contributed by atoms with Crippen molar-refractivity contribution in [2.75, 3.05) is 172 Å². The molecule has 4 aromatic heterocycles. The van der Waals surface area contributed by atoms with Gasteiger partial charge in [0.05, 0.1) is 162 Å². The van der Waals surface area contributed by atoms with Gasteiger partial charge >= 0.3 is 0 Å². The van der Waals surface area contributed by atoms with Crippen molar-refractivity contribution in [2.24, 2.45) is 5.73 Å². The van der Waals surface area contributed by atoms with Gasteiger partial charge in [-0.1, -0.05) is 41.4 Å². The van der Waals surface area contributed by atoms with E-state index in [-0.39, 0.29) is 30.1 Å². The lowest BCUT2D eigenvalue weighted by molar-refractivity contribution is -0.132. The Balaban J connectivity index is 0.555. The smallest absolute Gasteiger partial charge is 0.267 e. The number of hydrogen-bond acceptors (Lipinski definition) is 20. The number of nitrogens with two attached hydrogens (primary N) is 1. The maximum atomic E-state index is 15.0. The van der Waals surface area contributed by atoms with E-state index in [1.54, 1.807) is 18.3 Å². The number of amides is 2. The number of ether oxygens (including phenoxy) is 8. The molecule has 0 saturated carbocycles. The number of piperidine rings is 1. The number of para-hydroxylation sites is 1. The molecule has 7 aromatic rings. The van der Waals surface area contributed by atoms with Crippen molar-refractivity contribution in [2.45, 2.75) is 52.5 Å². The molecular weight excluding hydrogens is 1220 g/mol. The van der Waals surface area contributed by atoms with E-state index < -0.39 is 0 Å². The summed E-state index contributed by atoms with van der Waals surface area (Å²) in [5, 5.41) is 8.01. The second kappa shape index (κ2) is 35.3. The quantitative estimate of drug-likeness (QED) is 0.0268. The Bertz CT molecular complexity index is 3380. The summed E-state index contributed by atoms with van der Waals surface area (Å²) < 4.78 is 60.2. The molecule has 2 aliphatic rings. The lowest BCUT2D eigenvalue weighted by atomic mass is 9.96. The van der Waals surface area contributed by atoms with Crippen molar-refractivity contribution in [3.8, 4) is 22.5 Å². The maximum absolute atomic E-state index is 15.0. The molecule has 3 aromatic carbocycles. The van der Waals surface area contributed by atoms with Crippen LogP contribution in [-0.2, 0) is 49.1 Å². The zero-order valence-electron chi connectivity index (χ0n) is 51.4. The first-order valence-corrected chi connectivity index (χ1v) is 32.1. The number of pyridine rings is 1. The van der Waals surface area contributed by atoms with Crippen molar-refractivity contribution >= 4 is 80.4 Å². The monoisotopic (exact) mass is 1300 g/mol. The highest BCUT2D eigenvalue weighted by atomic mass is 35.5. The number of thiazole rings is 1. The van der Waals surface area contributed by atoms with Crippen molar-refractivity contribution in [1.29, 1.82) is 0 Å². The number of imidazole rings is 1. The summed E-state index contributed by atoms with van der Waals surface area (Å²) in [7, 11) is 0. The molecule has 22 nitrogen and oxygen atoms in total. The fourth-order valence-corrected chi connectivity index (χ4v) is 11.7. The first-order valence-electron chi connectivity index (χ1n) is 30.6. The van der Waals surface area contributed by atoms with Crippen LogP contribution in [0.1, 0.15) is 56.6 Å². The average molecular weight is 1300 g/mol. The molecule has 2 saturated heterocycles. The summed E-state index contributed by atoms with van der Waals surface area (Å²) in [6, 6.07) is 18.1. The fourth-order valence-electron chi connectivity index (χ4n) is 10.4. The first kappa shape index (κ1) is 67.9. The van der Waals surface area contributed by atoms with Gasteiger partial charge in [0.25, 0.3) is 5.91 Å². The van der Waals surface area contributed by atoms with E-state index in [4.69, 9.17) is 76.8 Å². The largest absolute Gasteiger partial charge is 0.379 e. The van der Waals surface area contributed by atoms with Crippen LogP contribution in [0.3, 0.4) is 0 Å². The highest BCUT2D eigenvalue weighted by Crippen LogP contribution is 2.45. The van der Waals surface area contributed by atoms with Crippen molar-refractivity contribution in [3.05, 3.63) is 121 Å². The molecule has 0 aliphatic carbocycles. The Labute approximate surface area is 538 Å². The Hall–Kier alpha value is -6.52. The minimum atomic E-state index is -0.314. The molecule has 0 atom stereocenters. The number of benzene rings is 3. The van der Waals surface area contributed by atoms with Crippen molar-refractivity contribution in [1.82, 2.24) is 34.8 Å². The predicted molar refractivity (Wildman–Crippen MR) is 348 cm³/mol. The highest BCUT2D eigenvalue weighted by Gasteiger charge is 2.32. The van der Waals surface area contributed by atoms with Crippen LogP contribution >= 0.6 is 34.5 Å². The summed E-state index contributed by atoms with van der Waals surface area (Å²) in [6.07, 6.45) is 5.76. The van der Waals surface area contributed by atoms with Crippen LogP contribution in [0.2, 0.25) is 10.0 Å². The van der Waals surface area contributed by atoms with Gasteiger partial charge in [0.15, 0.2) is 0 Å². The van der Waals surface area contributed by atoms with Gasteiger partial charge in [-0.3, -0.25) is 9.59 Å². The van der Waals surface area contributed by atoms with Gasteiger partial charge < -0.3 is 73.9 Å². The van der Waals surface area contributed by atoms with E-state index >= 15 is 4.39 Å². The molecular formula is C64H81Cl2FN12O10S. The molecule has 90 heavy (non-hydrogen) atoms. The SMILES string of the molecule is Cc1cc(F)cc(-c2cnc(N3CCN(C(=O)CCOCCOCCOCCOCCOCCOCCOCCOCCNc4cc(Cc5ncc(C(=O)Nc6c(C)cccc6Cl)s5)nc(C)n4)CC3)c(-c3nc4ccc(Cl)cc4[nH]3)c2N2CCC(N)CC2)c1. The molecule has 2 amide bonds. The molecule has 0 unspecified atom stereocenters. The van der Waals surface area contributed by atoms with Crippen molar-refractivity contribution < 1.29 is 51.9 Å². The number of aromatic nitrogens is 6. The van der Waals surface area contributed by atoms with E-state index in [1.807, 2.05) is 74.3 Å². The zero-order chi connectivity index (χ0) is 63.0. The minimum Gasteiger partial charge on any atom is -0.379 e. The van der Waals surface area contributed by atoms with Crippen LogP contribution in [-0.4, -0.2) is 204 Å². The molecule has 26 heteroatoms. The first-order chi connectivity index (χ1) is 43.8. The van der Waals surface area contributed by atoms with Gasteiger partial charge in [0, 0.05) is 81.1 Å². The number of halogens is 3. The van der Waals surface area contributed by atoms with Gasteiger partial charge in [-0.25, -0.2) is 29.3 Å². The Morgan fingerprint density at radius 2 is 1.33 bits per heavy atom. The summed E-state index contributed by atoms with van der Waals surface area (Å²) in [4.78, 5) is 60.4.